The van der Waals surface area contributed by atoms with E-state index in [1.165, 1.54) is 0 Å². The third kappa shape index (κ3) is 3.43. The summed E-state index contributed by atoms with van der Waals surface area (Å²) >= 11 is 0. The normalized spacial score (nSPS) is 31.0. The van der Waals surface area contributed by atoms with E-state index >= 15 is 0 Å². The van der Waals surface area contributed by atoms with E-state index in [4.69, 9.17) is 15.2 Å². The average Bonchev–Trinajstić information content (AvgIpc) is 2.61. The molecule has 0 spiro atoms. The molecule has 1 aromatic rings. The standard InChI is InChI=1S/C19H28N2O3.ClH/c1-4-23-16-12-19(20,18(16,2)3)17(22)21-10-11-24-15(13-21)14-8-6-5-7-9-14;/h5-9,15-16H,4,10-13,20H2,1-3H3;1H. The average molecular weight is 369 g/mol. The number of nitrogens with two attached hydrogens (primary N) is 1. The molecule has 1 amide bonds. The molecule has 2 fully saturated rings. The van der Waals surface area contributed by atoms with Crippen molar-refractivity contribution in [3.63, 3.8) is 0 Å². The minimum atomic E-state index is -0.856. The molecule has 1 saturated heterocycles. The highest BCUT2D eigenvalue weighted by Gasteiger charge is 2.63. The Kier molecular flexibility index (Phi) is 6.15. The van der Waals surface area contributed by atoms with Gasteiger partial charge in [-0.05, 0) is 12.5 Å². The van der Waals surface area contributed by atoms with Crippen LogP contribution < -0.4 is 5.73 Å². The van der Waals surface area contributed by atoms with Gasteiger partial charge in [-0.2, -0.15) is 0 Å². The van der Waals surface area contributed by atoms with Gasteiger partial charge in [-0.25, -0.2) is 0 Å². The number of rotatable bonds is 4. The number of halogens is 1. The minimum absolute atomic E-state index is 0. The van der Waals surface area contributed by atoms with Crippen LogP contribution in [-0.2, 0) is 14.3 Å². The van der Waals surface area contributed by atoms with Gasteiger partial charge in [0.25, 0.3) is 0 Å². The molecule has 3 unspecified atom stereocenters. The van der Waals surface area contributed by atoms with Crippen molar-refractivity contribution in [3.05, 3.63) is 35.9 Å². The van der Waals surface area contributed by atoms with Gasteiger partial charge in [-0.15, -0.1) is 12.4 Å². The Morgan fingerprint density at radius 3 is 2.64 bits per heavy atom. The maximum atomic E-state index is 13.1. The molecule has 5 nitrogen and oxygen atoms in total. The quantitative estimate of drug-likeness (QED) is 0.887. The van der Waals surface area contributed by atoms with Crippen molar-refractivity contribution in [1.82, 2.24) is 4.90 Å². The van der Waals surface area contributed by atoms with Crippen molar-refractivity contribution in [2.24, 2.45) is 11.1 Å². The van der Waals surface area contributed by atoms with Gasteiger partial charge < -0.3 is 20.1 Å². The predicted octanol–water partition coefficient (Wildman–Crippen LogP) is 2.54. The second kappa shape index (κ2) is 7.62. The molecular formula is C19H29ClN2O3. The second-order valence-electron chi connectivity index (χ2n) is 7.36. The van der Waals surface area contributed by atoms with Crippen LogP contribution in [0.25, 0.3) is 0 Å². The van der Waals surface area contributed by atoms with E-state index in [0.29, 0.717) is 32.7 Å². The molecule has 1 heterocycles. The SMILES string of the molecule is CCOC1CC(N)(C(=O)N2CCOC(c3ccccc3)C2)C1(C)C.Cl. The van der Waals surface area contributed by atoms with Crippen molar-refractivity contribution in [2.75, 3.05) is 26.3 Å². The number of hydrogen-bond acceptors (Lipinski definition) is 4. The van der Waals surface area contributed by atoms with Gasteiger partial charge in [-0.1, -0.05) is 44.2 Å². The van der Waals surface area contributed by atoms with Crippen LogP contribution in [0.15, 0.2) is 30.3 Å². The van der Waals surface area contributed by atoms with Crippen LogP contribution in [-0.4, -0.2) is 48.8 Å². The fourth-order valence-corrected chi connectivity index (χ4v) is 3.78. The lowest BCUT2D eigenvalue weighted by atomic mass is 9.54. The van der Waals surface area contributed by atoms with E-state index < -0.39 is 5.54 Å². The number of benzene rings is 1. The molecular weight excluding hydrogens is 340 g/mol. The molecule has 3 rings (SSSR count). The smallest absolute Gasteiger partial charge is 0.243 e. The van der Waals surface area contributed by atoms with Crippen molar-refractivity contribution >= 4 is 18.3 Å². The van der Waals surface area contributed by atoms with Gasteiger partial charge >= 0.3 is 0 Å². The van der Waals surface area contributed by atoms with E-state index in [9.17, 15) is 4.79 Å². The zero-order valence-corrected chi connectivity index (χ0v) is 16.1. The highest BCUT2D eigenvalue weighted by atomic mass is 35.5. The summed E-state index contributed by atoms with van der Waals surface area (Å²) in [5.74, 6) is 0.0210. The molecule has 6 heteroatoms. The van der Waals surface area contributed by atoms with Crippen LogP contribution >= 0.6 is 12.4 Å². The second-order valence-corrected chi connectivity index (χ2v) is 7.36. The summed E-state index contributed by atoms with van der Waals surface area (Å²) in [6.45, 7) is 8.37. The molecule has 2 N–H and O–H groups in total. The van der Waals surface area contributed by atoms with Crippen LogP contribution in [0.4, 0.5) is 0 Å². The molecule has 1 aliphatic heterocycles. The molecule has 0 radical (unpaired) electrons. The van der Waals surface area contributed by atoms with Gasteiger partial charge in [0.1, 0.15) is 11.6 Å². The number of amides is 1. The Labute approximate surface area is 156 Å². The summed E-state index contributed by atoms with van der Waals surface area (Å²) < 4.78 is 11.6. The molecule has 140 valence electrons. The summed E-state index contributed by atoms with van der Waals surface area (Å²) in [6, 6.07) is 10.0. The number of hydrogen-bond donors (Lipinski definition) is 1. The van der Waals surface area contributed by atoms with E-state index in [2.05, 4.69) is 0 Å². The Morgan fingerprint density at radius 2 is 2.04 bits per heavy atom. The monoisotopic (exact) mass is 368 g/mol. The van der Waals surface area contributed by atoms with E-state index in [1.54, 1.807) is 0 Å². The van der Waals surface area contributed by atoms with Crippen LogP contribution in [0, 0.1) is 5.41 Å². The largest absolute Gasteiger partial charge is 0.378 e. The van der Waals surface area contributed by atoms with Crippen LogP contribution in [0.5, 0.6) is 0 Å². The fraction of sp³-hybridized carbons (Fsp3) is 0.632. The zero-order valence-electron chi connectivity index (χ0n) is 15.2. The summed E-state index contributed by atoms with van der Waals surface area (Å²) in [4.78, 5) is 15.0. The number of carbonyl (C=O) groups excluding carboxylic acids is 1. The lowest BCUT2D eigenvalue weighted by molar-refractivity contribution is -0.184. The highest BCUT2D eigenvalue weighted by molar-refractivity contribution is 5.89. The van der Waals surface area contributed by atoms with Crippen molar-refractivity contribution < 1.29 is 14.3 Å². The lowest BCUT2D eigenvalue weighted by Crippen LogP contribution is -2.76. The Morgan fingerprint density at radius 1 is 1.36 bits per heavy atom. The number of ether oxygens (including phenoxy) is 2. The third-order valence-corrected chi connectivity index (χ3v) is 5.74. The molecule has 0 bridgehead atoms. The fourth-order valence-electron chi connectivity index (χ4n) is 3.78. The maximum Gasteiger partial charge on any atom is 0.243 e. The van der Waals surface area contributed by atoms with Crippen LogP contribution in [0.1, 0.15) is 38.9 Å². The maximum absolute atomic E-state index is 13.1. The van der Waals surface area contributed by atoms with Crippen molar-refractivity contribution in [3.8, 4) is 0 Å². The van der Waals surface area contributed by atoms with Gasteiger partial charge in [0.15, 0.2) is 0 Å². The first-order valence-electron chi connectivity index (χ1n) is 8.76. The first kappa shape index (κ1) is 20.2. The Bertz CT molecular complexity index is 596. The van der Waals surface area contributed by atoms with Gasteiger partial charge in [0.2, 0.25) is 5.91 Å². The summed E-state index contributed by atoms with van der Waals surface area (Å²) in [5.41, 5.74) is 6.43. The number of morpholine rings is 1. The highest BCUT2D eigenvalue weighted by Crippen LogP contribution is 2.50. The summed E-state index contributed by atoms with van der Waals surface area (Å²) in [7, 11) is 0. The van der Waals surface area contributed by atoms with E-state index in [1.807, 2.05) is 56.0 Å². The van der Waals surface area contributed by atoms with Crippen LogP contribution in [0.3, 0.4) is 0 Å². The number of carbonyl (C=O) groups is 1. The van der Waals surface area contributed by atoms with Crippen molar-refractivity contribution in [1.29, 1.82) is 0 Å². The Hall–Kier alpha value is -1.14. The van der Waals surface area contributed by atoms with Gasteiger partial charge in [0, 0.05) is 25.0 Å². The van der Waals surface area contributed by atoms with E-state index in [0.717, 1.165) is 5.56 Å². The lowest BCUT2D eigenvalue weighted by Gasteiger charge is -2.59. The molecule has 1 saturated carbocycles. The molecule has 1 aliphatic carbocycles. The topological polar surface area (TPSA) is 64.8 Å². The van der Waals surface area contributed by atoms with Gasteiger partial charge in [0.05, 0.1) is 19.3 Å². The molecule has 25 heavy (non-hydrogen) atoms. The first-order chi connectivity index (χ1) is 11.4. The van der Waals surface area contributed by atoms with Gasteiger partial charge in [-0.3, -0.25) is 4.79 Å². The van der Waals surface area contributed by atoms with Crippen LogP contribution in [0.2, 0.25) is 0 Å². The molecule has 1 aromatic carbocycles. The molecule has 3 atom stereocenters. The third-order valence-electron chi connectivity index (χ3n) is 5.74. The van der Waals surface area contributed by atoms with Crippen molar-refractivity contribution in [2.45, 2.75) is 44.9 Å². The van der Waals surface area contributed by atoms with E-state index in [-0.39, 0.29) is 35.9 Å². The summed E-state index contributed by atoms with van der Waals surface area (Å²) in [6.07, 6.45) is 0.542. The zero-order chi connectivity index (χ0) is 17.4. The first-order valence-corrected chi connectivity index (χ1v) is 8.76. The molecule has 2 aliphatic rings. The Balaban J connectivity index is 0.00000225. The number of nitrogens with zero attached hydrogens (tertiary/aromatic N) is 1. The molecule has 0 aromatic heterocycles. The minimum Gasteiger partial charge on any atom is -0.378 e. The summed E-state index contributed by atoms with van der Waals surface area (Å²) in [5, 5.41) is 0. The predicted molar refractivity (Wildman–Crippen MR) is 99.7 cm³/mol.